The monoisotopic (exact) mass is 361 g/mol. The van der Waals surface area contributed by atoms with E-state index in [-0.39, 0.29) is 13.0 Å². The van der Waals surface area contributed by atoms with Gasteiger partial charge in [0.1, 0.15) is 13.2 Å². The van der Waals surface area contributed by atoms with Crippen molar-refractivity contribution in [2.75, 3.05) is 25.1 Å². The minimum absolute atomic E-state index is 0.0779. The van der Waals surface area contributed by atoms with Gasteiger partial charge in [0.2, 0.25) is 0 Å². The molecule has 1 aliphatic rings. The molecule has 0 saturated carbocycles. The number of halogens is 1. The van der Waals surface area contributed by atoms with Crippen molar-refractivity contribution in [3.63, 3.8) is 0 Å². The van der Waals surface area contributed by atoms with Crippen LogP contribution in [0.4, 0.5) is 5.69 Å². The van der Waals surface area contributed by atoms with Crippen LogP contribution in [0.15, 0.2) is 42.5 Å². The fourth-order valence-electron chi connectivity index (χ4n) is 2.28. The van der Waals surface area contributed by atoms with Crippen LogP contribution in [-0.2, 0) is 20.7 Å². The second-order valence-corrected chi connectivity index (χ2v) is 5.81. The number of nitrogens with one attached hydrogen (secondary N) is 1. The van der Waals surface area contributed by atoms with Crippen molar-refractivity contribution in [3.8, 4) is 11.5 Å². The molecule has 1 heterocycles. The summed E-state index contributed by atoms with van der Waals surface area (Å²) in [5, 5.41) is 3.24. The first-order valence-corrected chi connectivity index (χ1v) is 8.07. The Hall–Kier alpha value is -2.73. The highest BCUT2D eigenvalue weighted by Gasteiger charge is 2.13. The summed E-state index contributed by atoms with van der Waals surface area (Å²) in [5.41, 5.74) is 1.31. The number of anilines is 1. The van der Waals surface area contributed by atoms with E-state index in [0.29, 0.717) is 35.4 Å². The molecule has 0 atom stereocenters. The van der Waals surface area contributed by atoms with E-state index in [1.807, 2.05) is 0 Å². The molecule has 0 unspecified atom stereocenters. The van der Waals surface area contributed by atoms with Crippen LogP contribution in [0.5, 0.6) is 11.5 Å². The first kappa shape index (κ1) is 17.1. The Bertz CT molecular complexity index is 776. The van der Waals surface area contributed by atoms with Crippen LogP contribution in [-0.4, -0.2) is 31.7 Å². The van der Waals surface area contributed by atoms with Crippen LogP contribution in [0.2, 0.25) is 5.02 Å². The molecule has 2 aromatic carbocycles. The highest BCUT2D eigenvalue weighted by molar-refractivity contribution is 6.30. The SMILES string of the molecule is O=C(COC(=O)Cc1ccc(Cl)cc1)Nc1ccc2c(c1)OCCO2. The van der Waals surface area contributed by atoms with E-state index in [1.54, 1.807) is 42.5 Å². The molecule has 0 fully saturated rings. The Balaban J connectivity index is 1.47. The van der Waals surface area contributed by atoms with Gasteiger partial charge >= 0.3 is 5.97 Å². The summed E-state index contributed by atoms with van der Waals surface area (Å²) in [4.78, 5) is 23.7. The topological polar surface area (TPSA) is 73.9 Å². The van der Waals surface area contributed by atoms with Gasteiger partial charge in [0, 0.05) is 16.8 Å². The summed E-state index contributed by atoms with van der Waals surface area (Å²) >= 11 is 5.79. The average Bonchev–Trinajstić information content (AvgIpc) is 2.62. The van der Waals surface area contributed by atoms with Crippen LogP contribution in [0, 0.1) is 0 Å². The van der Waals surface area contributed by atoms with Crippen molar-refractivity contribution >= 4 is 29.2 Å². The van der Waals surface area contributed by atoms with Gasteiger partial charge in [0.25, 0.3) is 5.91 Å². The number of ether oxygens (including phenoxy) is 3. The predicted octanol–water partition coefficient (Wildman–Crippen LogP) is 2.84. The smallest absolute Gasteiger partial charge is 0.310 e. The maximum absolute atomic E-state index is 11.9. The van der Waals surface area contributed by atoms with E-state index in [0.717, 1.165) is 5.56 Å². The second kappa shape index (κ2) is 7.90. The molecule has 0 bridgehead atoms. The molecule has 7 heteroatoms. The predicted molar refractivity (Wildman–Crippen MR) is 92.2 cm³/mol. The van der Waals surface area contributed by atoms with Gasteiger partial charge in [-0.3, -0.25) is 9.59 Å². The molecule has 2 aromatic rings. The molecular weight excluding hydrogens is 346 g/mol. The molecule has 0 radical (unpaired) electrons. The normalized spacial score (nSPS) is 12.4. The van der Waals surface area contributed by atoms with E-state index in [4.69, 9.17) is 25.8 Å². The Morgan fingerprint density at radius 3 is 2.52 bits per heavy atom. The molecule has 6 nitrogen and oxygen atoms in total. The number of amides is 1. The number of benzene rings is 2. The third-order valence-corrected chi connectivity index (χ3v) is 3.70. The fourth-order valence-corrected chi connectivity index (χ4v) is 2.41. The van der Waals surface area contributed by atoms with Crippen molar-refractivity contribution in [1.29, 1.82) is 0 Å². The zero-order chi connectivity index (χ0) is 17.6. The Morgan fingerprint density at radius 2 is 1.76 bits per heavy atom. The van der Waals surface area contributed by atoms with Crippen LogP contribution >= 0.6 is 11.6 Å². The minimum atomic E-state index is -0.486. The standard InChI is InChI=1S/C18H16ClNO5/c19-13-3-1-12(2-4-13)9-18(22)25-11-17(21)20-14-5-6-15-16(10-14)24-8-7-23-15/h1-6,10H,7-9,11H2,(H,20,21). The second-order valence-electron chi connectivity index (χ2n) is 5.37. The summed E-state index contributed by atoms with van der Waals surface area (Å²) in [7, 11) is 0. The number of hydrogen-bond acceptors (Lipinski definition) is 5. The van der Waals surface area contributed by atoms with Crippen molar-refractivity contribution in [3.05, 3.63) is 53.1 Å². The van der Waals surface area contributed by atoms with E-state index in [1.165, 1.54) is 0 Å². The van der Waals surface area contributed by atoms with Gasteiger partial charge in [-0.25, -0.2) is 0 Å². The van der Waals surface area contributed by atoms with Crippen molar-refractivity contribution in [2.24, 2.45) is 0 Å². The van der Waals surface area contributed by atoms with Gasteiger partial charge in [-0.1, -0.05) is 23.7 Å². The van der Waals surface area contributed by atoms with Gasteiger partial charge in [0.15, 0.2) is 18.1 Å². The Morgan fingerprint density at radius 1 is 1.04 bits per heavy atom. The first-order valence-electron chi connectivity index (χ1n) is 7.70. The molecule has 130 valence electrons. The lowest BCUT2D eigenvalue weighted by Gasteiger charge is -2.19. The van der Waals surface area contributed by atoms with E-state index in [9.17, 15) is 9.59 Å². The number of carbonyl (C=O) groups is 2. The molecule has 1 aliphatic heterocycles. The molecule has 0 spiro atoms. The largest absolute Gasteiger partial charge is 0.486 e. The van der Waals surface area contributed by atoms with E-state index in [2.05, 4.69) is 5.32 Å². The summed E-state index contributed by atoms with van der Waals surface area (Å²) < 4.78 is 15.8. The molecule has 1 N–H and O–H groups in total. The molecule has 25 heavy (non-hydrogen) atoms. The Labute approximate surface area is 149 Å². The van der Waals surface area contributed by atoms with E-state index >= 15 is 0 Å². The maximum Gasteiger partial charge on any atom is 0.310 e. The summed E-state index contributed by atoms with van der Waals surface area (Å²) in [5.74, 6) is 0.295. The Kier molecular flexibility index (Phi) is 5.40. The van der Waals surface area contributed by atoms with Gasteiger partial charge in [-0.05, 0) is 29.8 Å². The molecule has 0 aliphatic carbocycles. The zero-order valence-corrected chi connectivity index (χ0v) is 14.0. The third kappa shape index (κ3) is 4.87. The summed E-state index contributed by atoms with van der Waals surface area (Å²) in [6.45, 7) is 0.607. The van der Waals surface area contributed by atoms with E-state index < -0.39 is 11.9 Å². The third-order valence-electron chi connectivity index (χ3n) is 3.45. The van der Waals surface area contributed by atoms with Crippen LogP contribution in [0.3, 0.4) is 0 Å². The van der Waals surface area contributed by atoms with Crippen LogP contribution < -0.4 is 14.8 Å². The molecule has 0 aromatic heterocycles. The maximum atomic E-state index is 11.9. The van der Waals surface area contributed by atoms with Gasteiger partial charge < -0.3 is 19.5 Å². The molecule has 3 rings (SSSR count). The summed E-state index contributed by atoms with van der Waals surface area (Å²) in [6, 6.07) is 11.9. The van der Waals surface area contributed by atoms with Crippen LogP contribution in [0.1, 0.15) is 5.56 Å². The van der Waals surface area contributed by atoms with Crippen molar-refractivity contribution < 1.29 is 23.8 Å². The molecule has 1 amide bonds. The average molecular weight is 362 g/mol. The van der Waals surface area contributed by atoms with Gasteiger partial charge in [-0.15, -0.1) is 0 Å². The lowest BCUT2D eigenvalue weighted by atomic mass is 10.1. The lowest BCUT2D eigenvalue weighted by Crippen LogP contribution is -2.22. The lowest BCUT2D eigenvalue weighted by molar-refractivity contribution is -0.146. The van der Waals surface area contributed by atoms with Crippen LogP contribution in [0.25, 0.3) is 0 Å². The van der Waals surface area contributed by atoms with Crippen molar-refractivity contribution in [1.82, 2.24) is 0 Å². The number of carbonyl (C=O) groups excluding carboxylic acids is 2. The highest BCUT2D eigenvalue weighted by Crippen LogP contribution is 2.32. The number of hydrogen-bond donors (Lipinski definition) is 1. The molecule has 0 saturated heterocycles. The van der Waals surface area contributed by atoms with Gasteiger partial charge in [-0.2, -0.15) is 0 Å². The quantitative estimate of drug-likeness (QED) is 0.829. The summed E-state index contributed by atoms with van der Waals surface area (Å²) in [6.07, 6.45) is 0.0779. The van der Waals surface area contributed by atoms with Crippen molar-refractivity contribution in [2.45, 2.75) is 6.42 Å². The molecular formula is C18H16ClNO5. The number of esters is 1. The van der Waals surface area contributed by atoms with Gasteiger partial charge in [0.05, 0.1) is 6.42 Å². The number of rotatable bonds is 5. The first-order chi connectivity index (χ1) is 12.1. The zero-order valence-electron chi connectivity index (χ0n) is 13.3. The minimum Gasteiger partial charge on any atom is -0.486 e. The highest BCUT2D eigenvalue weighted by atomic mass is 35.5. The fraction of sp³-hybridized carbons (Fsp3) is 0.222. The number of fused-ring (bicyclic) bond motifs is 1.